The van der Waals surface area contributed by atoms with E-state index in [-0.39, 0.29) is 11.4 Å². The first-order valence-corrected chi connectivity index (χ1v) is 8.06. The molecule has 0 aliphatic heterocycles. The van der Waals surface area contributed by atoms with Crippen LogP contribution in [0, 0.1) is 24.0 Å². The third-order valence-electron chi connectivity index (χ3n) is 4.13. The van der Waals surface area contributed by atoms with E-state index in [2.05, 4.69) is 20.6 Å². The first-order chi connectivity index (χ1) is 12.9. The van der Waals surface area contributed by atoms with E-state index in [1.807, 2.05) is 31.2 Å². The standard InChI is InChI=1S/C17H18N6O4/c1-10-15(19-17(24)16-14(23(25)26)8-18-20-16)11(2)22(21-10)9-12-5-4-6-13(7-12)27-3/h4-8H,9H2,1-3H3,(H,18,20)(H,19,24). The average molecular weight is 370 g/mol. The molecule has 0 spiro atoms. The molecule has 2 aromatic heterocycles. The van der Waals surface area contributed by atoms with Crippen LogP contribution >= 0.6 is 0 Å². The second-order valence-corrected chi connectivity index (χ2v) is 5.90. The molecule has 140 valence electrons. The zero-order valence-corrected chi connectivity index (χ0v) is 15.0. The summed E-state index contributed by atoms with van der Waals surface area (Å²) in [4.78, 5) is 22.7. The van der Waals surface area contributed by atoms with Crippen molar-refractivity contribution in [1.82, 2.24) is 20.0 Å². The smallest absolute Gasteiger partial charge is 0.319 e. The zero-order valence-electron chi connectivity index (χ0n) is 15.0. The van der Waals surface area contributed by atoms with E-state index in [4.69, 9.17) is 4.74 Å². The number of hydrogen-bond donors (Lipinski definition) is 2. The molecular weight excluding hydrogens is 352 g/mol. The number of carbonyl (C=O) groups excluding carboxylic acids is 1. The molecule has 1 aromatic carbocycles. The fourth-order valence-electron chi connectivity index (χ4n) is 2.74. The van der Waals surface area contributed by atoms with Crippen LogP contribution in [0.5, 0.6) is 5.75 Å². The summed E-state index contributed by atoms with van der Waals surface area (Å²) in [6.45, 7) is 4.06. The van der Waals surface area contributed by atoms with E-state index in [0.717, 1.165) is 23.2 Å². The van der Waals surface area contributed by atoms with E-state index < -0.39 is 10.8 Å². The van der Waals surface area contributed by atoms with Crippen molar-refractivity contribution >= 4 is 17.3 Å². The lowest BCUT2D eigenvalue weighted by atomic mass is 10.2. The summed E-state index contributed by atoms with van der Waals surface area (Å²) in [5, 5.41) is 24.0. The van der Waals surface area contributed by atoms with Crippen molar-refractivity contribution in [2.24, 2.45) is 0 Å². The highest BCUT2D eigenvalue weighted by Gasteiger charge is 2.24. The molecule has 2 N–H and O–H groups in total. The molecule has 0 atom stereocenters. The van der Waals surface area contributed by atoms with Crippen LogP contribution in [0.25, 0.3) is 0 Å². The Bertz CT molecular complexity index is 1010. The molecule has 0 saturated carbocycles. The number of rotatable bonds is 6. The minimum atomic E-state index is -0.662. The van der Waals surface area contributed by atoms with Gasteiger partial charge in [-0.25, -0.2) is 0 Å². The van der Waals surface area contributed by atoms with Crippen LogP contribution in [0.1, 0.15) is 27.4 Å². The number of nitrogens with zero attached hydrogens (tertiary/aromatic N) is 4. The molecule has 0 aliphatic carbocycles. The highest BCUT2D eigenvalue weighted by molar-refractivity contribution is 6.06. The molecule has 0 bridgehead atoms. The monoisotopic (exact) mass is 370 g/mol. The Morgan fingerprint density at radius 3 is 2.89 bits per heavy atom. The Hall–Kier alpha value is -3.69. The van der Waals surface area contributed by atoms with Gasteiger partial charge in [-0.3, -0.25) is 24.7 Å². The molecule has 3 rings (SSSR count). The Morgan fingerprint density at radius 1 is 1.41 bits per heavy atom. The number of ether oxygens (including phenoxy) is 1. The summed E-state index contributed by atoms with van der Waals surface area (Å²) in [6.07, 6.45) is 1.00. The molecule has 0 saturated heterocycles. The Balaban J connectivity index is 1.84. The average Bonchev–Trinajstić information content (AvgIpc) is 3.23. The van der Waals surface area contributed by atoms with Gasteiger partial charge in [-0.15, -0.1) is 0 Å². The summed E-state index contributed by atoms with van der Waals surface area (Å²) in [6, 6.07) is 7.60. The fraction of sp³-hybridized carbons (Fsp3) is 0.235. The van der Waals surface area contributed by atoms with Crippen LogP contribution in [0.2, 0.25) is 0 Å². The third-order valence-corrected chi connectivity index (χ3v) is 4.13. The second-order valence-electron chi connectivity index (χ2n) is 5.90. The SMILES string of the molecule is COc1cccc(Cn2nc(C)c(NC(=O)c3[nH]ncc3[N+](=O)[O-])c2C)c1. The van der Waals surface area contributed by atoms with Gasteiger partial charge in [0, 0.05) is 0 Å². The third kappa shape index (κ3) is 3.64. The summed E-state index contributed by atoms with van der Waals surface area (Å²) in [7, 11) is 1.60. The van der Waals surface area contributed by atoms with Gasteiger partial charge in [0.2, 0.25) is 5.69 Å². The van der Waals surface area contributed by atoms with Gasteiger partial charge in [0.25, 0.3) is 5.91 Å². The maximum Gasteiger partial charge on any atom is 0.319 e. The second kappa shape index (κ2) is 7.28. The lowest BCUT2D eigenvalue weighted by molar-refractivity contribution is -0.385. The van der Waals surface area contributed by atoms with Crippen molar-refractivity contribution in [2.75, 3.05) is 12.4 Å². The highest BCUT2D eigenvalue weighted by Crippen LogP contribution is 2.23. The van der Waals surface area contributed by atoms with Gasteiger partial charge < -0.3 is 10.1 Å². The number of amides is 1. The minimum Gasteiger partial charge on any atom is -0.497 e. The highest BCUT2D eigenvalue weighted by atomic mass is 16.6. The normalized spacial score (nSPS) is 10.6. The largest absolute Gasteiger partial charge is 0.497 e. The van der Waals surface area contributed by atoms with E-state index in [1.165, 1.54) is 0 Å². The lowest BCUT2D eigenvalue weighted by Crippen LogP contribution is -2.15. The van der Waals surface area contributed by atoms with Crippen molar-refractivity contribution in [3.8, 4) is 5.75 Å². The van der Waals surface area contributed by atoms with Crippen molar-refractivity contribution < 1.29 is 14.5 Å². The number of methoxy groups -OCH3 is 1. The Morgan fingerprint density at radius 2 is 2.19 bits per heavy atom. The topological polar surface area (TPSA) is 128 Å². The summed E-state index contributed by atoms with van der Waals surface area (Å²) >= 11 is 0. The zero-order chi connectivity index (χ0) is 19.6. The quantitative estimate of drug-likeness (QED) is 0.507. The molecule has 2 heterocycles. The van der Waals surface area contributed by atoms with Gasteiger partial charge in [-0.1, -0.05) is 12.1 Å². The number of aromatic amines is 1. The molecular formula is C17H18N6O4. The Labute approximate surface area is 154 Å². The number of aromatic nitrogens is 4. The lowest BCUT2D eigenvalue weighted by Gasteiger charge is -2.08. The number of nitro groups is 1. The van der Waals surface area contributed by atoms with Gasteiger partial charge in [0.15, 0.2) is 0 Å². The van der Waals surface area contributed by atoms with Gasteiger partial charge >= 0.3 is 5.69 Å². The van der Waals surface area contributed by atoms with Crippen molar-refractivity contribution in [1.29, 1.82) is 0 Å². The minimum absolute atomic E-state index is 0.209. The number of H-pyrrole nitrogens is 1. The molecule has 3 aromatic rings. The Kier molecular flexibility index (Phi) is 4.88. The number of hydrogen-bond acceptors (Lipinski definition) is 6. The van der Waals surface area contributed by atoms with Gasteiger partial charge in [-0.05, 0) is 31.5 Å². The maximum absolute atomic E-state index is 12.4. The fourth-order valence-corrected chi connectivity index (χ4v) is 2.74. The molecule has 0 unspecified atom stereocenters. The molecule has 0 fully saturated rings. The number of anilines is 1. The van der Waals surface area contributed by atoms with Crippen LogP contribution in [0.4, 0.5) is 11.4 Å². The van der Waals surface area contributed by atoms with E-state index in [0.29, 0.717) is 17.9 Å². The summed E-state index contributed by atoms with van der Waals surface area (Å²) in [5.74, 6) is 0.0976. The molecule has 10 heteroatoms. The number of carbonyl (C=O) groups is 1. The van der Waals surface area contributed by atoms with Crippen LogP contribution in [-0.4, -0.2) is 37.9 Å². The first-order valence-electron chi connectivity index (χ1n) is 8.06. The van der Waals surface area contributed by atoms with Crippen molar-refractivity contribution in [2.45, 2.75) is 20.4 Å². The summed E-state index contributed by atoms with van der Waals surface area (Å²) in [5.41, 5.74) is 2.23. The van der Waals surface area contributed by atoms with Crippen LogP contribution in [0.15, 0.2) is 30.5 Å². The number of nitrogens with one attached hydrogen (secondary N) is 2. The predicted octanol–water partition coefficient (Wildman–Crippen LogP) is 2.44. The number of benzene rings is 1. The van der Waals surface area contributed by atoms with E-state index in [1.54, 1.807) is 18.7 Å². The van der Waals surface area contributed by atoms with Crippen LogP contribution < -0.4 is 10.1 Å². The van der Waals surface area contributed by atoms with E-state index >= 15 is 0 Å². The van der Waals surface area contributed by atoms with Gasteiger partial charge in [-0.2, -0.15) is 10.2 Å². The van der Waals surface area contributed by atoms with Crippen molar-refractivity contribution in [3.63, 3.8) is 0 Å². The molecule has 0 radical (unpaired) electrons. The summed E-state index contributed by atoms with van der Waals surface area (Å²) < 4.78 is 6.98. The molecule has 27 heavy (non-hydrogen) atoms. The molecule has 10 nitrogen and oxygen atoms in total. The van der Waals surface area contributed by atoms with Gasteiger partial charge in [0.05, 0.1) is 35.7 Å². The van der Waals surface area contributed by atoms with E-state index in [9.17, 15) is 14.9 Å². The van der Waals surface area contributed by atoms with Gasteiger partial charge in [0.1, 0.15) is 11.9 Å². The van der Waals surface area contributed by atoms with Crippen LogP contribution in [-0.2, 0) is 6.54 Å². The van der Waals surface area contributed by atoms with Crippen molar-refractivity contribution in [3.05, 3.63) is 63.2 Å². The first kappa shape index (κ1) is 18.1. The van der Waals surface area contributed by atoms with Crippen LogP contribution in [0.3, 0.4) is 0 Å². The molecule has 1 amide bonds. The number of aryl methyl sites for hydroxylation is 1. The molecule has 0 aliphatic rings. The predicted molar refractivity (Wildman–Crippen MR) is 97.0 cm³/mol. The maximum atomic E-state index is 12.4.